The van der Waals surface area contributed by atoms with Crippen molar-refractivity contribution in [3.8, 4) is 11.5 Å². The lowest BCUT2D eigenvalue weighted by atomic mass is 9.91. The molecule has 0 spiro atoms. The second kappa shape index (κ2) is 7.41. The van der Waals surface area contributed by atoms with Gasteiger partial charge in [0, 0.05) is 23.4 Å². The van der Waals surface area contributed by atoms with Gasteiger partial charge in [-0.3, -0.25) is 9.78 Å². The van der Waals surface area contributed by atoms with Gasteiger partial charge < -0.3 is 19.2 Å². The smallest absolute Gasteiger partial charge is 0.339 e. The number of carbonyl (C=O) groups is 1. The molecule has 1 amide bonds. The molecule has 0 saturated carbocycles. The summed E-state index contributed by atoms with van der Waals surface area (Å²) in [7, 11) is 0. The number of hydrogen-bond donors (Lipinski definition) is 1. The van der Waals surface area contributed by atoms with Crippen molar-refractivity contribution in [3.05, 3.63) is 57.7 Å². The second-order valence-electron chi connectivity index (χ2n) is 8.70. The summed E-state index contributed by atoms with van der Waals surface area (Å²) in [6.07, 6.45) is 7.19. The molecular weight excluding hydrogens is 396 g/mol. The fraction of sp³-hybridized carbons (Fsp3) is 0.375. The first-order chi connectivity index (χ1) is 14.9. The van der Waals surface area contributed by atoms with Crippen molar-refractivity contribution < 1.29 is 18.7 Å². The van der Waals surface area contributed by atoms with E-state index in [1.807, 2.05) is 19.9 Å². The number of hydrogen-bond acceptors (Lipinski definition) is 6. The Balaban J connectivity index is 1.54. The van der Waals surface area contributed by atoms with Gasteiger partial charge in [-0.1, -0.05) is 0 Å². The summed E-state index contributed by atoms with van der Waals surface area (Å²) in [4.78, 5) is 29.0. The molecule has 0 unspecified atom stereocenters. The summed E-state index contributed by atoms with van der Waals surface area (Å²) in [6, 6.07) is 5.35. The van der Waals surface area contributed by atoms with E-state index in [0.29, 0.717) is 34.8 Å². The summed E-state index contributed by atoms with van der Waals surface area (Å²) >= 11 is 0. The first-order valence-corrected chi connectivity index (χ1v) is 10.6. The van der Waals surface area contributed by atoms with Gasteiger partial charge in [0.05, 0.1) is 17.3 Å². The van der Waals surface area contributed by atoms with Gasteiger partial charge in [0.1, 0.15) is 22.7 Å². The van der Waals surface area contributed by atoms with E-state index >= 15 is 0 Å². The van der Waals surface area contributed by atoms with Crippen molar-refractivity contribution >= 4 is 22.6 Å². The number of aryl methyl sites for hydroxylation is 2. The zero-order valence-corrected chi connectivity index (χ0v) is 17.6. The molecule has 7 heteroatoms. The van der Waals surface area contributed by atoms with Crippen molar-refractivity contribution in [1.29, 1.82) is 0 Å². The first kappa shape index (κ1) is 19.6. The lowest BCUT2D eigenvalue weighted by Crippen LogP contribution is -2.32. The molecule has 0 bridgehead atoms. The lowest BCUT2D eigenvalue weighted by molar-refractivity contribution is -0.118. The van der Waals surface area contributed by atoms with Crippen molar-refractivity contribution in [2.45, 2.75) is 51.6 Å². The largest absolute Gasteiger partial charge is 0.487 e. The van der Waals surface area contributed by atoms with E-state index in [-0.39, 0.29) is 23.7 Å². The molecule has 3 heterocycles. The molecule has 0 atom stereocenters. The van der Waals surface area contributed by atoms with E-state index in [4.69, 9.17) is 13.9 Å². The average Bonchev–Trinajstić information content (AvgIpc) is 3.22. The number of ether oxygens (including phenoxy) is 2. The number of fused-ring (bicyclic) bond motifs is 5. The third-order valence-electron chi connectivity index (χ3n) is 5.94. The molecule has 0 saturated heterocycles. The summed E-state index contributed by atoms with van der Waals surface area (Å²) in [5, 5.41) is 3.56. The zero-order chi connectivity index (χ0) is 21.6. The van der Waals surface area contributed by atoms with Crippen LogP contribution >= 0.6 is 0 Å². The van der Waals surface area contributed by atoms with Gasteiger partial charge in [0.15, 0.2) is 6.61 Å². The van der Waals surface area contributed by atoms with Crippen LogP contribution in [0.4, 0.5) is 5.69 Å². The maximum Gasteiger partial charge on any atom is 0.339 e. The molecule has 1 aliphatic carbocycles. The Morgan fingerprint density at radius 3 is 2.87 bits per heavy atom. The molecule has 2 aliphatic rings. The average molecular weight is 420 g/mol. The van der Waals surface area contributed by atoms with Gasteiger partial charge >= 0.3 is 5.63 Å². The molecule has 1 N–H and O–H groups in total. The van der Waals surface area contributed by atoms with Gasteiger partial charge in [-0.05, 0) is 63.6 Å². The number of amides is 1. The molecule has 2 aromatic heterocycles. The Hall–Kier alpha value is -3.35. The van der Waals surface area contributed by atoms with Gasteiger partial charge in [-0.15, -0.1) is 0 Å². The van der Waals surface area contributed by atoms with Crippen LogP contribution in [0.2, 0.25) is 0 Å². The van der Waals surface area contributed by atoms with E-state index in [0.717, 1.165) is 42.2 Å². The fourth-order valence-corrected chi connectivity index (χ4v) is 4.44. The highest BCUT2D eigenvalue weighted by atomic mass is 16.5. The number of nitrogens with zero attached hydrogens (tertiary/aromatic N) is 1. The number of pyridine rings is 1. The number of carbonyl (C=O) groups excluding carboxylic acids is 1. The summed E-state index contributed by atoms with van der Waals surface area (Å²) in [6.45, 7) is 3.88. The molecule has 3 aromatic rings. The number of anilines is 1. The topological polar surface area (TPSA) is 90.7 Å². The standard InChI is InChI=1S/C24H24N2O5/c1-24(2)9-8-17-18(31-24)11-19(29-13-20(27)26-14-5-4-10-25-12-14)21-15-6-3-7-16(15)23(28)30-22(17)21/h4-5,10-12H,3,6-9,13H2,1-2H3,(H,26,27). The normalized spacial score (nSPS) is 16.3. The van der Waals surface area contributed by atoms with Crippen LogP contribution in [0.15, 0.2) is 39.8 Å². The number of nitrogens with one attached hydrogen (secondary N) is 1. The Bertz CT molecular complexity index is 1230. The van der Waals surface area contributed by atoms with Crippen LogP contribution in [0.1, 0.15) is 43.4 Å². The maximum atomic E-state index is 12.6. The van der Waals surface area contributed by atoms with Gasteiger partial charge in [-0.25, -0.2) is 4.79 Å². The van der Waals surface area contributed by atoms with Gasteiger partial charge in [0.2, 0.25) is 0 Å². The lowest BCUT2D eigenvalue weighted by Gasteiger charge is -2.33. The minimum Gasteiger partial charge on any atom is -0.487 e. The molecular formula is C24H24N2O5. The Morgan fingerprint density at radius 1 is 1.23 bits per heavy atom. The van der Waals surface area contributed by atoms with E-state index in [1.54, 1.807) is 24.5 Å². The van der Waals surface area contributed by atoms with Crippen LogP contribution in [0, 0.1) is 0 Å². The maximum absolute atomic E-state index is 12.6. The summed E-state index contributed by atoms with van der Waals surface area (Å²) < 4.78 is 17.9. The SMILES string of the molecule is CC1(C)CCc2c(cc(OCC(=O)Nc3cccnc3)c3c4c(c(=O)oc23)CCC4)O1. The Kier molecular flexibility index (Phi) is 4.68. The molecule has 5 rings (SSSR count). The van der Waals surface area contributed by atoms with Crippen molar-refractivity contribution in [3.63, 3.8) is 0 Å². The molecule has 0 fully saturated rings. The molecule has 7 nitrogen and oxygen atoms in total. The monoisotopic (exact) mass is 420 g/mol. The van der Waals surface area contributed by atoms with E-state index in [1.165, 1.54) is 0 Å². The van der Waals surface area contributed by atoms with Crippen molar-refractivity contribution in [2.75, 3.05) is 11.9 Å². The van der Waals surface area contributed by atoms with Gasteiger partial charge in [0.25, 0.3) is 5.91 Å². The molecule has 1 aromatic carbocycles. The van der Waals surface area contributed by atoms with Crippen molar-refractivity contribution in [2.24, 2.45) is 0 Å². The first-order valence-electron chi connectivity index (χ1n) is 10.6. The van der Waals surface area contributed by atoms with E-state index < -0.39 is 0 Å². The minimum absolute atomic E-state index is 0.180. The third kappa shape index (κ3) is 3.65. The molecule has 31 heavy (non-hydrogen) atoms. The minimum atomic E-state index is -0.327. The van der Waals surface area contributed by atoms with E-state index in [2.05, 4.69) is 10.3 Å². The van der Waals surface area contributed by atoms with Crippen LogP contribution in [-0.4, -0.2) is 23.1 Å². The highest BCUT2D eigenvalue weighted by molar-refractivity contribution is 5.94. The van der Waals surface area contributed by atoms with Crippen LogP contribution in [-0.2, 0) is 24.1 Å². The fourth-order valence-electron chi connectivity index (χ4n) is 4.44. The second-order valence-corrected chi connectivity index (χ2v) is 8.70. The number of benzene rings is 1. The van der Waals surface area contributed by atoms with E-state index in [9.17, 15) is 9.59 Å². The third-order valence-corrected chi connectivity index (χ3v) is 5.94. The Labute approximate surface area is 179 Å². The van der Waals surface area contributed by atoms with Crippen LogP contribution in [0.25, 0.3) is 11.0 Å². The summed E-state index contributed by atoms with van der Waals surface area (Å²) in [5.41, 5.74) is 3.11. The van der Waals surface area contributed by atoms with Crippen LogP contribution < -0.4 is 20.4 Å². The number of rotatable bonds is 4. The highest BCUT2D eigenvalue weighted by Gasteiger charge is 2.32. The zero-order valence-electron chi connectivity index (χ0n) is 17.6. The highest BCUT2D eigenvalue weighted by Crippen LogP contribution is 2.44. The molecule has 0 radical (unpaired) electrons. The van der Waals surface area contributed by atoms with Crippen LogP contribution in [0.5, 0.6) is 11.5 Å². The molecule has 1 aliphatic heterocycles. The van der Waals surface area contributed by atoms with Gasteiger partial charge in [-0.2, -0.15) is 0 Å². The predicted octanol–water partition coefficient (Wildman–Crippen LogP) is 3.80. The van der Waals surface area contributed by atoms with Crippen LogP contribution in [0.3, 0.4) is 0 Å². The quantitative estimate of drug-likeness (QED) is 0.646. The summed E-state index contributed by atoms with van der Waals surface area (Å²) in [5.74, 6) is 0.858. The molecule has 160 valence electrons. The number of aromatic nitrogens is 1. The van der Waals surface area contributed by atoms with Crippen molar-refractivity contribution in [1.82, 2.24) is 4.98 Å². The Morgan fingerprint density at radius 2 is 2.06 bits per heavy atom. The predicted molar refractivity (Wildman–Crippen MR) is 116 cm³/mol.